The number of hydrogen-bond acceptors (Lipinski definition) is 6. The van der Waals surface area contributed by atoms with Crippen molar-refractivity contribution in [2.24, 2.45) is 0 Å². The minimum absolute atomic E-state index is 0.317. The molecule has 0 unspecified atom stereocenters. The van der Waals surface area contributed by atoms with Crippen LogP contribution in [0, 0.1) is 0 Å². The van der Waals surface area contributed by atoms with E-state index in [2.05, 4.69) is 14.6 Å². The van der Waals surface area contributed by atoms with Gasteiger partial charge >= 0.3 is 5.97 Å². The third-order valence-corrected chi connectivity index (χ3v) is 4.03. The number of piperidine rings is 1. The van der Waals surface area contributed by atoms with Crippen molar-refractivity contribution >= 4 is 22.4 Å². The number of ether oxygens (including phenoxy) is 2. The number of thiazole rings is 1. The Bertz CT molecular complexity index is 400. The molecular weight excluding hydrogens is 252 g/mol. The van der Waals surface area contributed by atoms with Crippen LogP contribution in [0.25, 0.3) is 0 Å². The first kappa shape index (κ1) is 13.3. The van der Waals surface area contributed by atoms with Gasteiger partial charge in [-0.3, -0.25) is 0 Å². The number of esters is 1. The molecule has 0 saturated carbocycles. The van der Waals surface area contributed by atoms with Crippen LogP contribution < -0.4 is 4.90 Å². The molecule has 0 atom stereocenters. The molecule has 1 saturated heterocycles. The van der Waals surface area contributed by atoms with Crippen LogP contribution in [0.4, 0.5) is 5.13 Å². The lowest BCUT2D eigenvalue weighted by molar-refractivity contribution is 0.0459. The molecule has 1 aromatic heterocycles. The van der Waals surface area contributed by atoms with Crippen LogP contribution in [0.15, 0.2) is 6.20 Å². The SMILES string of the molecule is CCOC1CCN(c2ncc(C(=O)OC)s2)CC1. The number of aromatic nitrogens is 1. The van der Waals surface area contributed by atoms with Gasteiger partial charge in [0.15, 0.2) is 5.13 Å². The van der Waals surface area contributed by atoms with Gasteiger partial charge in [-0.05, 0) is 19.8 Å². The fourth-order valence-corrected chi connectivity index (χ4v) is 2.94. The van der Waals surface area contributed by atoms with Gasteiger partial charge in [-0.25, -0.2) is 9.78 Å². The van der Waals surface area contributed by atoms with E-state index in [-0.39, 0.29) is 5.97 Å². The summed E-state index contributed by atoms with van der Waals surface area (Å²) in [5.74, 6) is -0.317. The first-order chi connectivity index (χ1) is 8.74. The fraction of sp³-hybridized carbons (Fsp3) is 0.667. The minimum Gasteiger partial charge on any atom is -0.465 e. The van der Waals surface area contributed by atoms with Gasteiger partial charge in [0.05, 0.1) is 19.4 Å². The lowest BCUT2D eigenvalue weighted by Gasteiger charge is -2.31. The molecule has 0 bridgehead atoms. The third kappa shape index (κ3) is 3.00. The Hall–Kier alpha value is -1.14. The van der Waals surface area contributed by atoms with Gasteiger partial charge in [0, 0.05) is 19.7 Å². The van der Waals surface area contributed by atoms with Crippen LogP contribution in [-0.2, 0) is 9.47 Å². The molecule has 1 aliphatic rings. The van der Waals surface area contributed by atoms with Crippen molar-refractivity contribution in [2.75, 3.05) is 31.7 Å². The zero-order valence-corrected chi connectivity index (χ0v) is 11.5. The van der Waals surface area contributed by atoms with E-state index in [4.69, 9.17) is 4.74 Å². The molecule has 0 aliphatic carbocycles. The van der Waals surface area contributed by atoms with Crippen LogP contribution in [0.5, 0.6) is 0 Å². The molecule has 18 heavy (non-hydrogen) atoms. The first-order valence-electron chi connectivity index (χ1n) is 6.15. The van der Waals surface area contributed by atoms with Crippen LogP contribution in [0.2, 0.25) is 0 Å². The average molecular weight is 270 g/mol. The van der Waals surface area contributed by atoms with Gasteiger partial charge in [-0.15, -0.1) is 0 Å². The highest BCUT2D eigenvalue weighted by Crippen LogP contribution is 2.26. The van der Waals surface area contributed by atoms with Crippen LogP contribution >= 0.6 is 11.3 Å². The second kappa shape index (κ2) is 6.15. The molecule has 1 aromatic rings. The predicted octanol–water partition coefficient (Wildman–Crippen LogP) is 1.94. The summed E-state index contributed by atoms with van der Waals surface area (Å²) in [6.07, 6.45) is 3.98. The second-order valence-electron chi connectivity index (χ2n) is 4.14. The normalized spacial score (nSPS) is 16.9. The summed E-state index contributed by atoms with van der Waals surface area (Å²) < 4.78 is 10.3. The van der Waals surface area contributed by atoms with Crippen molar-refractivity contribution in [3.8, 4) is 0 Å². The van der Waals surface area contributed by atoms with Crippen molar-refractivity contribution in [1.82, 2.24) is 4.98 Å². The maximum Gasteiger partial charge on any atom is 0.349 e. The number of hydrogen-bond donors (Lipinski definition) is 0. The molecule has 5 nitrogen and oxygen atoms in total. The van der Waals surface area contributed by atoms with E-state index in [0.29, 0.717) is 11.0 Å². The lowest BCUT2D eigenvalue weighted by Crippen LogP contribution is -2.36. The number of nitrogens with zero attached hydrogens (tertiary/aromatic N) is 2. The number of rotatable bonds is 4. The predicted molar refractivity (Wildman–Crippen MR) is 70.3 cm³/mol. The molecule has 0 spiro atoms. The minimum atomic E-state index is -0.317. The molecule has 6 heteroatoms. The Kier molecular flexibility index (Phi) is 4.54. The van der Waals surface area contributed by atoms with Crippen LogP contribution in [0.3, 0.4) is 0 Å². The number of carbonyl (C=O) groups excluding carboxylic acids is 1. The van der Waals surface area contributed by atoms with E-state index in [0.717, 1.165) is 37.7 Å². The van der Waals surface area contributed by atoms with E-state index in [1.807, 2.05) is 6.92 Å². The van der Waals surface area contributed by atoms with E-state index >= 15 is 0 Å². The summed E-state index contributed by atoms with van der Waals surface area (Å²) in [6, 6.07) is 0. The zero-order valence-electron chi connectivity index (χ0n) is 10.7. The molecule has 0 radical (unpaired) electrons. The Labute approximate surface area is 111 Å². The van der Waals surface area contributed by atoms with E-state index < -0.39 is 0 Å². The Balaban J connectivity index is 1.93. The van der Waals surface area contributed by atoms with E-state index in [1.165, 1.54) is 18.4 Å². The van der Waals surface area contributed by atoms with Gasteiger partial charge < -0.3 is 14.4 Å². The second-order valence-corrected chi connectivity index (χ2v) is 5.15. The van der Waals surface area contributed by atoms with Crippen molar-refractivity contribution < 1.29 is 14.3 Å². The summed E-state index contributed by atoms with van der Waals surface area (Å²) >= 11 is 1.39. The third-order valence-electron chi connectivity index (χ3n) is 2.99. The molecular formula is C12H18N2O3S. The van der Waals surface area contributed by atoms with Crippen molar-refractivity contribution in [3.05, 3.63) is 11.1 Å². The Morgan fingerprint density at radius 1 is 1.56 bits per heavy atom. The molecule has 100 valence electrons. The standard InChI is InChI=1S/C12H18N2O3S/c1-3-17-9-4-6-14(7-5-9)12-13-8-10(18-12)11(15)16-2/h8-9H,3-7H2,1-2H3. The summed E-state index contributed by atoms with van der Waals surface area (Å²) in [4.78, 5) is 18.4. The van der Waals surface area contributed by atoms with Crippen molar-refractivity contribution in [2.45, 2.75) is 25.9 Å². The summed E-state index contributed by atoms with van der Waals surface area (Å²) in [7, 11) is 1.38. The van der Waals surface area contributed by atoms with Gasteiger partial charge in [0.25, 0.3) is 0 Å². The van der Waals surface area contributed by atoms with Gasteiger partial charge in [0.2, 0.25) is 0 Å². The Morgan fingerprint density at radius 2 is 2.28 bits per heavy atom. The highest BCUT2D eigenvalue weighted by Gasteiger charge is 2.22. The maximum absolute atomic E-state index is 11.4. The van der Waals surface area contributed by atoms with Crippen LogP contribution in [0.1, 0.15) is 29.4 Å². The van der Waals surface area contributed by atoms with E-state index in [1.54, 1.807) is 6.20 Å². The molecule has 1 fully saturated rings. The Morgan fingerprint density at radius 3 is 2.89 bits per heavy atom. The summed E-state index contributed by atoms with van der Waals surface area (Å²) in [5, 5.41) is 0.894. The number of anilines is 1. The van der Waals surface area contributed by atoms with E-state index in [9.17, 15) is 4.79 Å². The highest BCUT2D eigenvalue weighted by atomic mass is 32.1. The molecule has 0 aromatic carbocycles. The van der Waals surface area contributed by atoms with Gasteiger partial charge in [-0.2, -0.15) is 0 Å². The monoisotopic (exact) mass is 270 g/mol. The average Bonchev–Trinajstić information content (AvgIpc) is 2.89. The van der Waals surface area contributed by atoms with Crippen LogP contribution in [-0.4, -0.2) is 43.9 Å². The smallest absolute Gasteiger partial charge is 0.349 e. The highest BCUT2D eigenvalue weighted by molar-refractivity contribution is 7.17. The largest absolute Gasteiger partial charge is 0.465 e. The maximum atomic E-state index is 11.4. The fourth-order valence-electron chi connectivity index (χ4n) is 2.06. The zero-order chi connectivity index (χ0) is 13.0. The number of carbonyl (C=O) groups is 1. The lowest BCUT2D eigenvalue weighted by atomic mass is 10.1. The number of methoxy groups -OCH3 is 1. The summed E-state index contributed by atoms with van der Waals surface area (Å²) in [6.45, 7) is 4.65. The van der Waals surface area contributed by atoms with Gasteiger partial charge in [0.1, 0.15) is 4.88 Å². The van der Waals surface area contributed by atoms with Gasteiger partial charge in [-0.1, -0.05) is 11.3 Å². The molecule has 2 heterocycles. The molecule has 0 amide bonds. The van der Waals surface area contributed by atoms with Crippen molar-refractivity contribution in [3.63, 3.8) is 0 Å². The quantitative estimate of drug-likeness (QED) is 0.783. The summed E-state index contributed by atoms with van der Waals surface area (Å²) in [5.41, 5.74) is 0. The molecule has 1 aliphatic heterocycles. The molecule has 2 rings (SSSR count). The van der Waals surface area contributed by atoms with Crippen molar-refractivity contribution in [1.29, 1.82) is 0 Å². The first-order valence-corrected chi connectivity index (χ1v) is 6.97. The molecule has 0 N–H and O–H groups in total. The topological polar surface area (TPSA) is 51.7 Å².